The Morgan fingerprint density at radius 3 is 2.95 bits per heavy atom. The lowest BCUT2D eigenvalue weighted by atomic mass is 10.0. The summed E-state index contributed by atoms with van der Waals surface area (Å²) in [7, 11) is 0. The molecule has 5 heteroatoms. The number of rotatable bonds is 4. The molecule has 2 heterocycles. The number of hydrogen-bond donors (Lipinski definition) is 3. The highest BCUT2D eigenvalue weighted by molar-refractivity contribution is 5.99. The Morgan fingerprint density at radius 2 is 2.18 bits per heavy atom. The lowest BCUT2D eigenvalue weighted by Gasteiger charge is -2.11. The Kier molecular flexibility index (Phi) is 4.24. The molecule has 1 aliphatic rings. The van der Waals surface area contributed by atoms with Crippen molar-refractivity contribution in [2.45, 2.75) is 19.8 Å². The van der Waals surface area contributed by atoms with Crippen molar-refractivity contribution in [3.63, 3.8) is 0 Å². The summed E-state index contributed by atoms with van der Waals surface area (Å²) in [6, 6.07) is 7.54. The van der Waals surface area contributed by atoms with Crippen molar-refractivity contribution in [2.75, 3.05) is 19.6 Å². The minimum absolute atomic E-state index is 0.225. The topological polar surface area (TPSA) is 74.0 Å². The van der Waals surface area contributed by atoms with Crippen LogP contribution in [0.5, 0.6) is 0 Å². The molecule has 3 N–H and O–H groups in total. The van der Waals surface area contributed by atoms with E-state index in [1.54, 1.807) is 0 Å². The normalized spacial score (nSPS) is 17.8. The van der Waals surface area contributed by atoms with Gasteiger partial charge in [-0.3, -0.25) is 9.59 Å². The van der Waals surface area contributed by atoms with E-state index in [4.69, 9.17) is 0 Å². The zero-order valence-electron chi connectivity index (χ0n) is 12.7. The maximum Gasteiger partial charge on any atom is 0.261 e. The monoisotopic (exact) mass is 299 g/mol. The van der Waals surface area contributed by atoms with Crippen molar-refractivity contribution >= 4 is 16.8 Å². The number of pyridine rings is 1. The molecule has 1 unspecified atom stereocenters. The summed E-state index contributed by atoms with van der Waals surface area (Å²) in [5.74, 6) is 0.340. The minimum Gasteiger partial charge on any atom is -0.352 e. The molecule has 22 heavy (non-hydrogen) atoms. The summed E-state index contributed by atoms with van der Waals surface area (Å²) in [6.07, 6.45) is 2.11. The van der Waals surface area contributed by atoms with Gasteiger partial charge in [0.2, 0.25) is 0 Å². The summed E-state index contributed by atoms with van der Waals surface area (Å²) < 4.78 is 0. The zero-order chi connectivity index (χ0) is 15.5. The molecular formula is C17H21N3O2. The van der Waals surface area contributed by atoms with Crippen LogP contribution in [0.3, 0.4) is 0 Å². The molecule has 0 bridgehead atoms. The highest BCUT2D eigenvalue weighted by Gasteiger charge is 2.18. The number of para-hydroxylation sites is 1. The Hall–Kier alpha value is -2.14. The number of hydrogen-bond acceptors (Lipinski definition) is 3. The molecule has 1 fully saturated rings. The van der Waals surface area contributed by atoms with E-state index in [0.29, 0.717) is 12.5 Å². The van der Waals surface area contributed by atoms with Crippen molar-refractivity contribution < 1.29 is 4.79 Å². The van der Waals surface area contributed by atoms with Gasteiger partial charge >= 0.3 is 0 Å². The predicted octanol–water partition coefficient (Wildman–Crippen LogP) is 1.57. The van der Waals surface area contributed by atoms with Gasteiger partial charge in [0.1, 0.15) is 5.56 Å². The van der Waals surface area contributed by atoms with E-state index in [9.17, 15) is 9.59 Å². The van der Waals surface area contributed by atoms with Gasteiger partial charge in [0, 0.05) is 17.4 Å². The van der Waals surface area contributed by atoms with Crippen LogP contribution in [0.1, 0.15) is 28.8 Å². The number of aryl methyl sites for hydroxylation is 1. The van der Waals surface area contributed by atoms with Crippen LogP contribution in [0, 0.1) is 12.8 Å². The first-order valence-corrected chi connectivity index (χ1v) is 7.77. The van der Waals surface area contributed by atoms with Gasteiger partial charge in [-0.15, -0.1) is 0 Å². The Morgan fingerprint density at radius 1 is 1.36 bits per heavy atom. The fourth-order valence-electron chi connectivity index (χ4n) is 3.12. The van der Waals surface area contributed by atoms with Gasteiger partial charge in [-0.1, -0.05) is 18.2 Å². The van der Waals surface area contributed by atoms with E-state index >= 15 is 0 Å². The van der Waals surface area contributed by atoms with Crippen LogP contribution >= 0.6 is 0 Å². The quantitative estimate of drug-likeness (QED) is 0.802. The first-order chi connectivity index (χ1) is 10.7. The van der Waals surface area contributed by atoms with Gasteiger partial charge in [-0.25, -0.2) is 0 Å². The summed E-state index contributed by atoms with van der Waals surface area (Å²) in [5.41, 5.74) is 1.40. The standard InChI is InChI=1S/C17H21N3O2/c1-11-13-4-2-3-5-14(13)20-17(22)15(11)16(21)19-9-7-12-6-8-18-10-12/h2-5,12,18H,6-10H2,1H3,(H,19,21)(H,20,22). The van der Waals surface area contributed by atoms with E-state index < -0.39 is 0 Å². The van der Waals surface area contributed by atoms with Crippen molar-refractivity contribution in [1.29, 1.82) is 0 Å². The molecule has 3 rings (SSSR count). The number of aromatic nitrogens is 1. The van der Waals surface area contributed by atoms with Gasteiger partial charge in [0.25, 0.3) is 11.5 Å². The number of H-pyrrole nitrogens is 1. The first-order valence-electron chi connectivity index (χ1n) is 7.77. The summed E-state index contributed by atoms with van der Waals surface area (Å²) in [5, 5.41) is 7.11. The molecule has 1 aromatic heterocycles. The summed E-state index contributed by atoms with van der Waals surface area (Å²) in [4.78, 5) is 27.3. The largest absolute Gasteiger partial charge is 0.352 e. The second kappa shape index (κ2) is 6.32. The second-order valence-corrected chi connectivity index (χ2v) is 5.90. The van der Waals surface area contributed by atoms with Gasteiger partial charge in [0.15, 0.2) is 0 Å². The van der Waals surface area contributed by atoms with Crippen LogP contribution in [0.2, 0.25) is 0 Å². The predicted molar refractivity (Wildman–Crippen MR) is 87.2 cm³/mol. The number of carbonyl (C=O) groups is 1. The summed E-state index contributed by atoms with van der Waals surface area (Å²) >= 11 is 0. The molecule has 1 amide bonds. The molecule has 0 spiro atoms. The lowest BCUT2D eigenvalue weighted by Crippen LogP contribution is -2.32. The van der Waals surface area contributed by atoms with Crippen LogP contribution in [-0.2, 0) is 0 Å². The summed E-state index contributed by atoms with van der Waals surface area (Å²) in [6.45, 7) is 4.51. The molecular weight excluding hydrogens is 278 g/mol. The first kappa shape index (κ1) is 14.8. The highest BCUT2D eigenvalue weighted by atomic mass is 16.2. The smallest absolute Gasteiger partial charge is 0.261 e. The molecule has 1 aliphatic heterocycles. The number of benzene rings is 1. The molecule has 0 saturated carbocycles. The third-order valence-corrected chi connectivity index (χ3v) is 4.41. The number of nitrogens with one attached hydrogen (secondary N) is 3. The number of amides is 1. The van der Waals surface area contributed by atoms with E-state index in [2.05, 4.69) is 15.6 Å². The average molecular weight is 299 g/mol. The molecule has 116 valence electrons. The molecule has 2 aromatic rings. The number of fused-ring (bicyclic) bond motifs is 1. The number of aromatic amines is 1. The fourth-order valence-corrected chi connectivity index (χ4v) is 3.12. The Labute approximate surface area is 129 Å². The molecule has 1 atom stereocenters. The van der Waals surface area contributed by atoms with E-state index in [1.807, 2.05) is 31.2 Å². The van der Waals surface area contributed by atoms with Crippen LogP contribution in [-0.4, -0.2) is 30.5 Å². The van der Waals surface area contributed by atoms with Gasteiger partial charge in [-0.05, 0) is 50.4 Å². The molecule has 0 aliphatic carbocycles. The average Bonchev–Trinajstić information content (AvgIpc) is 3.00. The minimum atomic E-state index is -0.323. The highest BCUT2D eigenvalue weighted by Crippen LogP contribution is 2.17. The zero-order valence-corrected chi connectivity index (χ0v) is 12.7. The Balaban J connectivity index is 1.77. The van der Waals surface area contributed by atoms with Crippen molar-refractivity contribution in [2.24, 2.45) is 5.92 Å². The third-order valence-electron chi connectivity index (χ3n) is 4.41. The van der Waals surface area contributed by atoms with E-state index in [-0.39, 0.29) is 17.0 Å². The molecule has 1 saturated heterocycles. The maximum absolute atomic E-state index is 12.4. The van der Waals surface area contributed by atoms with Crippen LogP contribution < -0.4 is 16.2 Å². The maximum atomic E-state index is 12.4. The van der Waals surface area contributed by atoms with Crippen molar-refractivity contribution in [3.8, 4) is 0 Å². The second-order valence-electron chi connectivity index (χ2n) is 5.90. The molecule has 1 aromatic carbocycles. The Bertz CT molecular complexity index is 745. The van der Waals surface area contributed by atoms with Crippen LogP contribution in [0.15, 0.2) is 29.1 Å². The van der Waals surface area contributed by atoms with Gasteiger partial charge < -0.3 is 15.6 Å². The van der Waals surface area contributed by atoms with Crippen LogP contribution in [0.25, 0.3) is 10.9 Å². The SMILES string of the molecule is Cc1c(C(=O)NCCC2CCNC2)c(=O)[nH]c2ccccc12. The van der Waals surface area contributed by atoms with Crippen LogP contribution in [0.4, 0.5) is 0 Å². The van der Waals surface area contributed by atoms with Crippen molar-refractivity contribution in [1.82, 2.24) is 15.6 Å². The van der Waals surface area contributed by atoms with E-state index in [1.165, 1.54) is 0 Å². The molecule has 0 radical (unpaired) electrons. The number of carbonyl (C=O) groups excluding carboxylic acids is 1. The lowest BCUT2D eigenvalue weighted by molar-refractivity contribution is 0.0949. The van der Waals surface area contributed by atoms with Crippen molar-refractivity contribution in [3.05, 3.63) is 45.7 Å². The van der Waals surface area contributed by atoms with E-state index in [0.717, 1.165) is 42.4 Å². The van der Waals surface area contributed by atoms with Gasteiger partial charge in [0.05, 0.1) is 0 Å². The third kappa shape index (κ3) is 2.90. The molecule has 5 nitrogen and oxygen atoms in total. The van der Waals surface area contributed by atoms with Gasteiger partial charge in [-0.2, -0.15) is 0 Å². The fraction of sp³-hybridized carbons (Fsp3) is 0.412.